The highest BCUT2D eigenvalue weighted by molar-refractivity contribution is 5.33. The molecule has 0 spiro atoms. The van der Waals surface area contributed by atoms with Crippen molar-refractivity contribution in [2.24, 2.45) is 0 Å². The van der Waals surface area contributed by atoms with Crippen LogP contribution in [0.25, 0.3) is 0 Å². The number of anilines is 1. The minimum Gasteiger partial charge on any atom is -0.388 e. The number of nitrogens with zero attached hydrogens (tertiary/aromatic N) is 2. The average Bonchev–Trinajstić information content (AvgIpc) is 2.94. The van der Waals surface area contributed by atoms with Crippen molar-refractivity contribution >= 4 is 5.95 Å². The Morgan fingerprint density at radius 2 is 2.19 bits per heavy atom. The van der Waals surface area contributed by atoms with Crippen molar-refractivity contribution < 1.29 is 14.9 Å². The molecular weight excluding hydrogens is 270 g/mol. The topological polar surface area (TPSA) is 87.5 Å². The molecule has 116 valence electrons. The second kappa shape index (κ2) is 6.25. The molecule has 1 fully saturated rings. The fourth-order valence-corrected chi connectivity index (χ4v) is 3.10. The summed E-state index contributed by atoms with van der Waals surface area (Å²) in [6, 6.07) is -0.382. The van der Waals surface area contributed by atoms with Gasteiger partial charge in [0.25, 0.3) is 0 Å². The van der Waals surface area contributed by atoms with E-state index in [1.54, 1.807) is 0 Å². The summed E-state index contributed by atoms with van der Waals surface area (Å²) in [5, 5.41) is 23.5. The molecule has 6 heteroatoms. The predicted molar refractivity (Wildman–Crippen MR) is 78.1 cm³/mol. The van der Waals surface area contributed by atoms with Gasteiger partial charge in [-0.05, 0) is 31.2 Å². The maximum Gasteiger partial charge on any atom is 0.223 e. The number of fused-ring (bicyclic) bond motifs is 1. The van der Waals surface area contributed by atoms with E-state index in [0.29, 0.717) is 12.6 Å². The lowest BCUT2D eigenvalue weighted by Crippen LogP contribution is -2.55. The van der Waals surface area contributed by atoms with E-state index in [-0.39, 0.29) is 12.1 Å². The Kier molecular flexibility index (Phi) is 4.37. The van der Waals surface area contributed by atoms with Crippen LogP contribution in [0.15, 0.2) is 6.20 Å². The van der Waals surface area contributed by atoms with E-state index in [0.717, 1.165) is 37.8 Å². The van der Waals surface area contributed by atoms with E-state index in [2.05, 4.69) is 15.3 Å². The van der Waals surface area contributed by atoms with Crippen LogP contribution >= 0.6 is 0 Å². The van der Waals surface area contributed by atoms with Crippen LogP contribution < -0.4 is 5.32 Å². The Labute approximate surface area is 124 Å². The number of aliphatic hydroxyl groups excluding tert-OH is 2. The molecule has 1 aliphatic carbocycles. The van der Waals surface area contributed by atoms with Crippen molar-refractivity contribution in [2.75, 3.05) is 11.9 Å². The van der Waals surface area contributed by atoms with Crippen LogP contribution in [-0.4, -0.2) is 51.1 Å². The van der Waals surface area contributed by atoms with Gasteiger partial charge in [0.2, 0.25) is 5.95 Å². The lowest BCUT2D eigenvalue weighted by atomic mass is 9.95. The van der Waals surface area contributed by atoms with Gasteiger partial charge in [-0.1, -0.05) is 13.3 Å². The van der Waals surface area contributed by atoms with Crippen molar-refractivity contribution in [3.63, 3.8) is 0 Å². The zero-order valence-corrected chi connectivity index (χ0v) is 12.3. The summed E-state index contributed by atoms with van der Waals surface area (Å²) in [7, 11) is 0. The van der Waals surface area contributed by atoms with Gasteiger partial charge in [0.05, 0.1) is 18.8 Å². The minimum atomic E-state index is -0.870. The monoisotopic (exact) mass is 293 g/mol. The highest BCUT2D eigenvalue weighted by Gasteiger charge is 2.38. The molecule has 0 saturated carbocycles. The van der Waals surface area contributed by atoms with Crippen LogP contribution in [-0.2, 0) is 17.6 Å². The molecule has 2 aliphatic rings. The van der Waals surface area contributed by atoms with Gasteiger partial charge in [0.15, 0.2) is 0 Å². The number of nitrogens with one attached hydrogen (secondary N) is 1. The van der Waals surface area contributed by atoms with E-state index in [4.69, 9.17) is 4.74 Å². The number of aryl methyl sites for hydroxylation is 2. The van der Waals surface area contributed by atoms with Crippen LogP contribution in [0.2, 0.25) is 0 Å². The van der Waals surface area contributed by atoms with Crippen LogP contribution in [0.4, 0.5) is 5.95 Å². The van der Waals surface area contributed by atoms with E-state index >= 15 is 0 Å². The van der Waals surface area contributed by atoms with Crippen LogP contribution in [0, 0.1) is 0 Å². The molecule has 1 aliphatic heterocycles. The van der Waals surface area contributed by atoms with E-state index < -0.39 is 12.2 Å². The Bertz CT molecular complexity index is 497. The fraction of sp³-hybridized carbons (Fsp3) is 0.733. The largest absolute Gasteiger partial charge is 0.388 e. The molecule has 0 amide bonds. The first-order valence-corrected chi connectivity index (χ1v) is 7.78. The molecule has 0 radical (unpaired) electrons. The molecule has 3 rings (SSSR count). The first-order valence-electron chi connectivity index (χ1n) is 7.78. The highest BCUT2D eigenvalue weighted by Crippen LogP contribution is 2.23. The first kappa shape index (κ1) is 14.7. The molecule has 1 aromatic rings. The summed E-state index contributed by atoms with van der Waals surface area (Å²) in [6.07, 6.45) is 4.64. The van der Waals surface area contributed by atoms with E-state index in [1.165, 1.54) is 5.56 Å². The average molecular weight is 293 g/mol. The molecular formula is C15H23N3O3. The maximum absolute atomic E-state index is 10.2. The van der Waals surface area contributed by atoms with Crippen LogP contribution in [0.5, 0.6) is 0 Å². The number of ether oxygens (including phenoxy) is 1. The van der Waals surface area contributed by atoms with E-state index in [1.807, 2.05) is 13.1 Å². The quantitative estimate of drug-likeness (QED) is 0.756. The molecule has 1 aromatic heterocycles. The highest BCUT2D eigenvalue weighted by atomic mass is 16.5. The fourth-order valence-electron chi connectivity index (χ4n) is 3.10. The zero-order chi connectivity index (χ0) is 14.8. The first-order chi connectivity index (χ1) is 10.2. The molecule has 0 bridgehead atoms. The Balaban J connectivity index is 1.65. The third kappa shape index (κ3) is 3.02. The van der Waals surface area contributed by atoms with Crippen molar-refractivity contribution in [2.45, 2.75) is 63.4 Å². The van der Waals surface area contributed by atoms with Crippen molar-refractivity contribution in [3.8, 4) is 0 Å². The third-order valence-electron chi connectivity index (χ3n) is 4.33. The minimum absolute atomic E-state index is 0.288. The summed E-state index contributed by atoms with van der Waals surface area (Å²) < 4.78 is 5.65. The molecule has 0 unspecified atom stereocenters. The number of hydrogen-bond donors (Lipinski definition) is 3. The third-order valence-corrected chi connectivity index (χ3v) is 4.33. The lowest BCUT2D eigenvalue weighted by Gasteiger charge is -2.37. The van der Waals surface area contributed by atoms with Crippen LogP contribution in [0.1, 0.15) is 37.4 Å². The van der Waals surface area contributed by atoms with Gasteiger partial charge in [-0.2, -0.15) is 0 Å². The van der Waals surface area contributed by atoms with Crippen LogP contribution in [0.3, 0.4) is 0 Å². The van der Waals surface area contributed by atoms with Gasteiger partial charge in [-0.15, -0.1) is 0 Å². The molecule has 4 atom stereocenters. The maximum atomic E-state index is 10.2. The molecule has 3 N–H and O–H groups in total. The summed E-state index contributed by atoms with van der Waals surface area (Å²) in [5.74, 6) is 0.504. The Morgan fingerprint density at radius 3 is 3.00 bits per heavy atom. The molecule has 0 aromatic carbocycles. The van der Waals surface area contributed by atoms with Gasteiger partial charge >= 0.3 is 0 Å². The normalized spacial score (nSPS) is 32.0. The van der Waals surface area contributed by atoms with Crippen molar-refractivity contribution in [1.82, 2.24) is 9.97 Å². The Hall–Kier alpha value is -1.24. The Morgan fingerprint density at radius 1 is 1.33 bits per heavy atom. The number of rotatable bonds is 4. The number of aromatic nitrogens is 2. The summed E-state index contributed by atoms with van der Waals surface area (Å²) in [5.41, 5.74) is 2.30. The second-order valence-corrected chi connectivity index (χ2v) is 5.91. The zero-order valence-electron chi connectivity index (χ0n) is 12.3. The summed E-state index contributed by atoms with van der Waals surface area (Å²) >= 11 is 0. The molecule has 6 nitrogen and oxygen atoms in total. The molecule has 21 heavy (non-hydrogen) atoms. The van der Waals surface area contributed by atoms with Gasteiger partial charge in [0.1, 0.15) is 12.2 Å². The molecule has 2 heterocycles. The second-order valence-electron chi connectivity index (χ2n) is 5.91. The smallest absolute Gasteiger partial charge is 0.223 e. The summed E-state index contributed by atoms with van der Waals surface area (Å²) in [6.45, 7) is 2.38. The van der Waals surface area contributed by atoms with E-state index in [9.17, 15) is 10.2 Å². The number of aliphatic hydroxyl groups is 2. The SMILES string of the molecule is CCC[C@H]1OC[C@H](Nc2ncc3c(n2)CCC3)[C@@H](O)[C@H]1O. The lowest BCUT2D eigenvalue weighted by molar-refractivity contribution is -0.142. The van der Waals surface area contributed by atoms with Crippen molar-refractivity contribution in [3.05, 3.63) is 17.5 Å². The van der Waals surface area contributed by atoms with Crippen molar-refractivity contribution in [1.29, 1.82) is 0 Å². The van der Waals surface area contributed by atoms with Gasteiger partial charge in [0, 0.05) is 11.9 Å². The standard InChI is InChI=1S/C15H23N3O3/c1-2-4-12-14(20)13(19)11(8-21-12)18-15-16-7-9-5-3-6-10(9)17-15/h7,11-14,19-20H,2-6,8H2,1H3,(H,16,17,18)/t11-,12+,13+,14-/m0/s1. The molecule has 1 saturated heterocycles. The number of hydrogen-bond acceptors (Lipinski definition) is 6. The van der Waals surface area contributed by atoms with Gasteiger partial charge < -0.3 is 20.3 Å². The van der Waals surface area contributed by atoms with Gasteiger partial charge in [-0.3, -0.25) is 0 Å². The van der Waals surface area contributed by atoms with Gasteiger partial charge in [-0.25, -0.2) is 9.97 Å². The summed E-state index contributed by atoms with van der Waals surface area (Å²) in [4.78, 5) is 8.78. The predicted octanol–water partition coefficient (Wildman–Crippen LogP) is 0.667.